The third-order valence-corrected chi connectivity index (χ3v) is 4.15. The number of halogens is 3. The van der Waals surface area contributed by atoms with Gasteiger partial charge in [-0.15, -0.1) is 0 Å². The van der Waals surface area contributed by atoms with Crippen LogP contribution in [0.2, 0.25) is 0 Å². The zero-order chi connectivity index (χ0) is 18.0. The molecule has 0 saturated carbocycles. The molecule has 134 valence electrons. The molecule has 7 heteroatoms. The molecule has 1 atom stereocenters. The number of carbonyl (C=O) groups excluding carboxylic acids is 1. The van der Waals surface area contributed by atoms with E-state index in [9.17, 15) is 18.0 Å². The number of pyridine rings is 1. The minimum Gasteiger partial charge on any atom is -0.356 e. The third-order valence-electron chi connectivity index (χ3n) is 4.15. The Morgan fingerprint density at radius 2 is 2.04 bits per heavy atom. The van der Waals surface area contributed by atoms with Crippen LogP contribution < -0.4 is 10.2 Å². The van der Waals surface area contributed by atoms with E-state index in [1.165, 1.54) is 6.07 Å². The van der Waals surface area contributed by atoms with Crippen molar-refractivity contribution in [2.75, 3.05) is 24.5 Å². The molecule has 1 saturated heterocycles. The van der Waals surface area contributed by atoms with Crippen LogP contribution in [0.15, 0.2) is 18.3 Å². The van der Waals surface area contributed by atoms with Gasteiger partial charge in [-0.05, 0) is 30.9 Å². The van der Waals surface area contributed by atoms with Gasteiger partial charge < -0.3 is 10.2 Å². The monoisotopic (exact) mass is 343 g/mol. The van der Waals surface area contributed by atoms with Crippen molar-refractivity contribution in [2.45, 2.75) is 39.8 Å². The topological polar surface area (TPSA) is 45.2 Å². The van der Waals surface area contributed by atoms with E-state index in [2.05, 4.69) is 10.3 Å². The first-order chi connectivity index (χ1) is 11.1. The minimum atomic E-state index is -4.37. The number of nitrogens with one attached hydrogen (secondary N) is 1. The Kier molecular flexibility index (Phi) is 5.40. The lowest BCUT2D eigenvalue weighted by atomic mass is 9.94. The number of piperidine rings is 1. The molecule has 0 aliphatic carbocycles. The van der Waals surface area contributed by atoms with Crippen LogP contribution in [0.4, 0.5) is 19.0 Å². The van der Waals surface area contributed by atoms with E-state index in [1.807, 2.05) is 25.7 Å². The van der Waals surface area contributed by atoms with Crippen molar-refractivity contribution in [3.63, 3.8) is 0 Å². The largest absolute Gasteiger partial charge is 0.417 e. The third kappa shape index (κ3) is 4.85. The first-order valence-electron chi connectivity index (χ1n) is 8.14. The van der Waals surface area contributed by atoms with Crippen LogP contribution in [0.25, 0.3) is 0 Å². The van der Waals surface area contributed by atoms with E-state index in [0.717, 1.165) is 31.6 Å². The molecule has 1 amide bonds. The second-order valence-corrected chi connectivity index (χ2v) is 7.32. The molecular formula is C17H24F3N3O. The molecule has 4 nitrogen and oxygen atoms in total. The summed E-state index contributed by atoms with van der Waals surface area (Å²) < 4.78 is 37.8. The highest BCUT2D eigenvalue weighted by molar-refractivity contribution is 5.81. The van der Waals surface area contributed by atoms with Crippen molar-refractivity contribution in [1.82, 2.24) is 10.3 Å². The molecule has 1 N–H and O–H groups in total. The summed E-state index contributed by atoms with van der Waals surface area (Å²) in [6, 6.07) is 2.48. The Labute approximate surface area is 140 Å². The number of hydrogen-bond donors (Lipinski definition) is 1. The normalized spacial score (nSPS) is 19.2. The number of amides is 1. The number of nitrogens with zero attached hydrogens (tertiary/aromatic N) is 2. The van der Waals surface area contributed by atoms with Crippen LogP contribution in [0, 0.1) is 11.3 Å². The van der Waals surface area contributed by atoms with Gasteiger partial charge in [0.05, 0.1) is 5.56 Å². The van der Waals surface area contributed by atoms with Gasteiger partial charge in [0.1, 0.15) is 5.82 Å². The van der Waals surface area contributed by atoms with Crippen molar-refractivity contribution < 1.29 is 18.0 Å². The van der Waals surface area contributed by atoms with E-state index in [-0.39, 0.29) is 11.8 Å². The molecule has 24 heavy (non-hydrogen) atoms. The van der Waals surface area contributed by atoms with E-state index in [1.54, 1.807) is 0 Å². The smallest absolute Gasteiger partial charge is 0.356 e. The van der Waals surface area contributed by atoms with Crippen molar-refractivity contribution in [1.29, 1.82) is 0 Å². The molecule has 1 aliphatic heterocycles. The van der Waals surface area contributed by atoms with Gasteiger partial charge in [-0.3, -0.25) is 4.79 Å². The summed E-state index contributed by atoms with van der Waals surface area (Å²) >= 11 is 0. The van der Waals surface area contributed by atoms with Crippen molar-refractivity contribution in [3.05, 3.63) is 23.9 Å². The molecular weight excluding hydrogens is 319 g/mol. The fourth-order valence-electron chi connectivity index (χ4n) is 2.68. The summed E-state index contributed by atoms with van der Waals surface area (Å²) in [7, 11) is 0. The maximum atomic E-state index is 12.6. The zero-order valence-corrected chi connectivity index (χ0v) is 14.3. The summed E-state index contributed by atoms with van der Waals surface area (Å²) in [4.78, 5) is 17.9. The van der Waals surface area contributed by atoms with Crippen molar-refractivity contribution in [3.8, 4) is 0 Å². The molecule has 1 fully saturated rings. The molecule has 1 aromatic heterocycles. The predicted octanol–water partition coefficient (Wildman–Crippen LogP) is 3.48. The van der Waals surface area contributed by atoms with Gasteiger partial charge >= 0.3 is 6.18 Å². The molecule has 0 bridgehead atoms. The molecule has 0 spiro atoms. The summed E-state index contributed by atoms with van der Waals surface area (Å²) in [5.41, 5.74) is -1.17. The fraction of sp³-hybridized carbons (Fsp3) is 0.647. The SMILES string of the molecule is CC(C)(C)C(=O)NCC1CCCN(c2ccc(C(F)(F)F)cn2)C1. The van der Waals surface area contributed by atoms with Crippen LogP contribution in [-0.4, -0.2) is 30.5 Å². The summed E-state index contributed by atoms with van der Waals surface area (Å²) in [5.74, 6) is 0.830. The van der Waals surface area contributed by atoms with Crippen LogP contribution in [-0.2, 0) is 11.0 Å². The molecule has 1 aromatic rings. The van der Waals surface area contributed by atoms with E-state index in [4.69, 9.17) is 0 Å². The standard InChI is InChI=1S/C17H24F3N3O/c1-16(2,3)15(24)22-9-12-5-4-8-23(11-12)14-7-6-13(10-21-14)17(18,19)20/h6-7,10,12H,4-5,8-9,11H2,1-3H3,(H,22,24). The fourth-order valence-corrected chi connectivity index (χ4v) is 2.68. The molecule has 1 unspecified atom stereocenters. The summed E-state index contributed by atoms with van der Waals surface area (Å²) in [6.07, 6.45) is -1.58. The van der Waals surface area contributed by atoms with Crippen molar-refractivity contribution in [2.24, 2.45) is 11.3 Å². The van der Waals surface area contributed by atoms with Gasteiger partial charge in [0, 0.05) is 31.2 Å². The Balaban J connectivity index is 1.94. The second kappa shape index (κ2) is 6.99. The Bertz CT molecular complexity index is 564. The summed E-state index contributed by atoms with van der Waals surface area (Å²) in [5, 5.41) is 2.96. The molecule has 1 aliphatic rings. The van der Waals surface area contributed by atoms with Crippen LogP contribution in [0.1, 0.15) is 39.2 Å². The number of rotatable bonds is 3. The number of carbonyl (C=O) groups is 1. The van der Waals surface area contributed by atoms with E-state index >= 15 is 0 Å². The highest BCUT2D eigenvalue weighted by Crippen LogP contribution is 2.30. The quantitative estimate of drug-likeness (QED) is 0.914. The average molecular weight is 343 g/mol. The van der Waals surface area contributed by atoms with E-state index in [0.29, 0.717) is 18.9 Å². The van der Waals surface area contributed by atoms with Crippen molar-refractivity contribution >= 4 is 11.7 Å². The Morgan fingerprint density at radius 3 is 2.58 bits per heavy atom. The maximum Gasteiger partial charge on any atom is 0.417 e. The predicted molar refractivity (Wildman–Crippen MR) is 86.6 cm³/mol. The molecule has 2 rings (SSSR count). The Hall–Kier alpha value is -1.79. The number of hydrogen-bond acceptors (Lipinski definition) is 3. The minimum absolute atomic E-state index is 0.00674. The van der Waals surface area contributed by atoms with Crippen LogP contribution in [0.3, 0.4) is 0 Å². The number of alkyl halides is 3. The lowest BCUT2D eigenvalue weighted by Crippen LogP contribution is -2.43. The molecule has 0 radical (unpaired) electrons. The Morgan fingerprint density at radius 1 is 1.33 bits per heavy atom. The first-order valence-corrected chi connectivity index (χ1v) is 8.14. The lowest BCUT2D eigenvalue weighted by Gasteiger charge is -2.34. The highest BCUT2D eigenvalue weighted by atomic mass is 19.4. The van der Waals surface area contributed by atoms with E-state index < -0.39 is 17.2 Å². The van der Waals surface area contributed by atoms with Gasteiger partial charge in [-0.25, -0.2) is 4.98 Å². The first kappa shape index (κ1) is 18.5. The molecule has 2 heterocycles. The van der Waals surface area contributed by atoms with Gasteiger partial charge in [-0.1, -0.05) is 20.8 Å². The maximum absolute atomic E-state index is 12.6. The molecule has 0 aromatic carbocycles. The summed E-state index contributed by atoms with van der Waals surface area (Å²) in [6.45, 7) is 7.61. The average Bonchev–Trinajstić information content (AvgIpc) is 2.51. The number of aromatic nitrogens is 1. The number of anilines is 1. The van der Waals surface area contributed by atoms with Gasteiger partial charge in [-0.2, -0.15) is 13.2 Å². The van der Waals surface area contributed by atoms with Gasteiger partial charge in [0.15, 0.2) is 0 Å². The van der Waals surface area contributed by atoms with Crippen LogP contribution >= 0.6 is 0 Å². The lowest BCUT2D eigenvalue weighted by molar-refractivity contribution is -0.137. The second-order valence-electron chi connectivity index (χ2n) is 7.32. The van der Waals surface area contributed by atoms with Gasteiger partial charge in [0.2, 0.25) is 5.91 Å². The zero-order valence-electron chi connectivity index (χ0n) is 14.3. The highest BCUT2D eigenvalue weighted by Gasteiger charge is 2.31. The van der Waals surface area contributed by atoms with Crippen LogP contribution in [0.5, 0.6) is 0 Å². The van der Waals surface area contributed by atoms with Gasteiger partial charge in [0.25, 0.3) is 0 Å².